The van der Waals surface area contributed by atoms with Gasteiger partial charge in [-0.3, -0.25) is 19.4 Å². The zero-order valence-electron chi connectivity index (χ0n) is 17.5. The van der Waals surface area contributed by atoms with Gasteiger partial charge < -0.3 is 25.2 Å². The lowest BCUT2D eigenvalue weighted by atomic mass is 10.1. The summed E-state index contributed by atoms with van der Waals surface area (Å²) >= 11 is 0. The van der Waals surface area contributed by atoms with Crippen LogP contribution in [0.2, 0.25) is 0 Å². The average molecular weight is 435 g/mol. The number of anilines is 1. The van der Waals surface area contributed by atoms with Crippen molar-refractivity contribution in [3.05, 3.63) is 54.2 Å². The maximum absolute atomic E-state index is 12.3. The van der Waals surface area contributed by atoms with E-state index in [-0.39, 0.29) is 5.91 Å². The molecule has 3 N–H and O–H groups in total. The molecule has 2 aromatic carbocycles. The Kier molecular flexibility index (Phi) is 5.40. The maximum Gasteiger partial charge on any atom is 0.319 e. The Hall–Kier alpha value is -4.14. The van der Waals surface area contributed by atoms with Crippen molar-refractivity contribution in [2.24, 2.45) is 5.41 Å². The number of amides is 2. The van der Waals surface area contributed by atoms with Crippen molar-refractivity contribution in [2.45, 2.75) is 12.8 Å². The fourth-order valence-electron chi connectivity index (χ4n) is 3.37. The Bertz CT molecular complexity index is 1220. The molecular weight excluding hydrogens is 414 g/mol. The Morgan fingerprint density at radius 2 is 1.78 bits per heavy atom. The molecule has 3 aromatic rings. The van der Waals surface area contributed by atoms with E-state index in [2.05, 4.69) is 15.6 Å². The Balaban J connectivity index is 1.57. The average Bonchev–Trinajstić information content (AvgIpc) is 3.61. The van der Waals surface area contributed by atoms with E-state index in [1.54, 1.807) is 48.7 Å². The fraction of sp³-hybridized carbons (Fsp3) is 0.217. The standard InChI is InChI=1S/C23H21N3O6/c1-24-20(27)16-11-15-17(12-19(16)31-2)25-10-7-18(15)32-14-5-3-13(4-6-14)26-21(28)23(8-9-23)22(29)30/h3-7,10-12H,8-9H2,1-2H3,(H,24,27)(H,26,28)(H,29,30). The van der Waals surface area contributed by atoms with E-state index in [4.69, 9.17) is 9.47 Å². The fourth-order valence-corrected chi connectivity index (χ4v) is 3.37. The molecule has 0 atom stereocenters. The number of carbonyl (C=O) groups is 3. The van der Waals surface area contributed by atoms with Crippen LogP contribution in [0.5, 0.6) is 17.2 Å². The first-order valence-corrected chi connectivity index (χ1v) is 9.89. The van der Waals surface area contributed by atoms with Gasteiger partial charge in [0.25, 0.3) is 5.91 Å². The number of methoxy groups -OCH3 is 1. The van der Waals surface area contributed by atoms with E-state index in [0.29, 0.717) is 52.2 Å². The molecule has 164 valence electrons. The zero-order chi connectivity index (χ0) is 22.9. The van der Waals surface area contributed by atoms with Gasteiger partial charge in [-0.05, 0) is 49.2 Å². The van der Waals surface area contributed by atoms with Crippen LogP contribution in [-0.2, 0) is 9.59 Å². The van der Waals surface area contributed by atoms with Gasteiger partial charge in [-0.2, -0.15) is 0 Å². The monoisotopic (exact) mass is 435 g/mol. The van der Waals surface area contributed by atoms with Crippen LogP contribution in [-0.4, -0.2) is 42.0 Å². The number of carboxylic acid groups (broad SMARTS) is 1. The summed E-state index contributed by atoms with van der Waals surface area (Å²) in [7, 11) is 3.02. The molecule has 0 saturated heterocycles. The Morgan fingerprint density at radius 3 is 2.38 bits per heavy atom. The van der Waals surface area contributed by atoms with Crippen molar-refractivity contribution in [1.82, 2.24) is 10.3 Å². The number of hydrogen-bond donors (Lipinski definition) is 3. The van der Waals surface area contributed by atoms with Gasteiger partial charge >= 0.3 is 5.97 Å². The van der Waals surface area contributed by atoms with Crippen molar-refractivity contribution >= 4 is 34.4 Å². The normalized spacial score (nSPS) is 13.8. The molecule has 0 bridgehead atoms. The summed E-state index contributed by atoms with van der Waals surface area (Å²) in [6.45, 7) is 0. The predicted octanol–water partition coefficient (Wildman–Crippen LogP) is 3.20. The number of aromatic nitrogens is 1. The van der Waals surface area contributed by atoms with Crippen LogP contribution in [0.15, 0.2) is 48.7 Å². The molecule has 1 aromatic heterocycles. The minimum absolute atomic E-state index is 0.298. The van der Waals surface area contributed by atoms with E-state index < -0.39 is 17.3 Å². The van der Waals surface area contributed by atoms with E-state index >= 15 is 0 Å². The van der Waals surface area contributed by atoms with Gasteiger partial charge in [-0.1, -0.05) is 0 Å². The number of hydrogen-bond acceptors (Lipinski definition) is 6. The van der Waals surface area contributed by atoms with Crippen LogP contribution >= 0.6 is 0 Å². The smallest absolute Gasteiger partial charge is 0.319 e. The highest BCUT2D eigenvalue weighted by atomic mass is 16.5. The molecule has 0 aliphatic heterocycles. The molecule has 1 aliphatic rings. The van der Waals surface area contributed by atoms with Gasteiger partial charge in [-0.25, -0.2) is 0 Å². The third-order valence-electron chi connectivity index (χ3n) is 5.43. The lowest BCUT2D eigenvalue weighted by Crippen LogP contribution is -2.31. The highest BCUT2D eigenvalue weighted by molar-refractivity contribution is 6.10. The van der Waals surface area contributed by atoms with Crippen molar-refractivity contribution in [2.75, 3.05) is 19.5 Å². The number of aliphatic carboxylic acids is 1. The number of carboxylic acids is 1. The van der Waals surface area contributed by atoms with Gasteiger partial charge in [0.05, 0.1) is 18.2 Å². The number of carbonyl (C=O) groups excluding carboxylic acids is 2. The second-order valence-corrected chi connectivity index (χ2v) is 7.43. The van der Waals surface area contributed by atoms with Crippen LogP contribution in [0.4, 0.5) is 5.69 Å². The lowest BCUT2D eigenvalue weighted by molar-refractivity contribution is -0.147. The number of ether oxygens (including phenoxy) is 2. The van der Waals surface area contributed by atoms with Gasteiger partial charge in [0.2, 0.25) is 5.91 Å². The molecule has 1 fully saturated rings. The lowest BCUT2D eigenvalue weighted by Gasteiger charge is -2.13. The minimum atomic E-state index is -1.31. The Morgan fingerprint density at radius 1 is 1.06 bits per heavy atom. The van der Waals surface area contributed by atoms with E-state index in [0.717, 1.165) is 0 Å². The molecule has 1 saturated carbocycles. The molecule has 9 heteroatoms. The van der Waals surface area contributed by atoms with Crippen molar-refractivity contribution in [1.29, 1.82) is 0 Å². The minimum Gasteiger partial charge on any atom is -0.496 e. The van der Waals surface area contributed by atoms with Crippen molar-refractivity contribution < 1.29 is 29.0 Å². The third kappa shape index (κ3) is 3.80. The molecule has 0 unspecified atom stereocenters. The SMILES string of the molecule is CNC(=O)c1cc2c(Oc3ccc(NC(=O)C4(C(=O)O)CC4)cc3)ccnc2cc1OC. The maximum atomic E-state index is 12.3. The highest BCUT2D eigenvalue weighted by Gasteiger charge is 2.57. The largest absolute Gasteiger partial charge is 0.496 e. The van der Waals surface area contributed by atoms with Crippen molar-refractivity contribution in [3.63, 3.8) is 0 Å². The first kappa shape index (κ1) is 21.1. The summed E-state index contributed by atoms with van der Waals surface area (Å²) in [6, 6.07) is 11.6. The third-order valence-corrected chi connectivity index (χ3v) is 5.43. The number of rotatable bonds is 7. The van der Waals surface area contributed by atoms with Gasteiger partial charge in [-0.15, -0.1) is 0 Å². The second kappa shape index (κ2) is 8.18. The summed E-state index contributed by atoms with van der Waals surface area (Å²) < 4.78 is 11.3. The molecule has 0 spiro atoms. The molecule has 0 radical (unpaired) electrons. The van der Waals surface area contributed by atoms with Crippen LogP contribution in [0.25, 0.3) is 10.9 Å². The van der Waals surface area contributed by atoms with Crippen LogP contribution in [0, 0.1) is 5.41 Å². The summed E-state index contributed by atoms with van der Waals surface area (Å²) in [5.41, 5.74) is 0.112. The van der Waals surface area contributed by atoms with Crippen LogP contribution < -0.4 is 20.1 Å². The summed E-state index contributed by atoms with van der Waals surface area (Å²) in [5, 5.41) is 15.1. The molecule has 1 heterocycles. The molecule has 9 nitrogen and oxygen atoms in total. The quantitative estimate of drug-likeness (QED) is 0.486. The highest BCUT2D eigenvalue weighted by Crippen LogP contribution is 2.46. The second-order valence-electron chi connectivity index (χ2n) is 7.43. The topological polar surface area (TPSA) is 127 Å². The molecule has 1 aliphatic carbocycles. The Labute approximate surface area is 183 Å². The number of pyridine rings is 1. The van der Waals surface area contributed by atoms with Gasteiger partial charge in [0, 0.05) is 30.4 Å². The first-order valence-electron chi connectivity index (χ1n) is 9.89. The summed E-state index contributed by atoms with van der Waals surface area (Å²) in [4.78, 5) is 40.1. The van der Waals surface area contributed by atoms with E-state index in [9.17, 15) is 19.5 Å². The van der Waals surface area contributed by atoms with Gasteiger partial charge in [0.15, 0.2) is 0 Å². The molecule has 2 amide bonds. The van der Waals surface area contributed by atoms with E-state index in [1.165, 1.54) is 14.2 Å². The predicted molar refractivity (Wildman–Crippen MR) is 116 cm³/mol. The van der Waals surface area contributed by atoms with Crippen LogP contribution in [0.3, 0.4) is 0 Å². The first-order chi connectivity index (χ1) is 15.4. The number of nitrogens with zero attached hydrogens (tertiary/aromatic N) is 1. The summed E-state index contributed by atoms with van der Waals surface area (Å²) in [6.07, 6.45) is 2.27. The number of fused-ring (bicyclic) bond motifs is 1. The van der Waals surface area contributed by atoms with Gasteiger partial charge in [0.1, 0.15) is 22.7 Å². The van der Waals surface area contributed by atoms with Crippen LogP contribution in [0.1, 0.15) is 23.2 Å². The zero-order valence-corrected chi connectivity index (χ0v) is 17.5. The summed E-state index contributed by atoms with van der Waals surface area (Å²) in [5.74, 6) is -0.541. The van der Waals surface area contributed by atoms with E-state index in [1.807, 2.05) is 0 Å². The number of benzene rings is 2. The molecular formula is C23H21N3O6. The van der Waals surface area contributed by atoms with Crippen molar-refractivity contribution in [3.8, 4) is 17.2 Å². The molecule has 32 heavy (non-hydrogen) atoms. The molecule has 4 rings (SSSR count). The number of nitrogens with one attached hydrogen (secondary N) is 2.